The van der Waals surface area contributed by atoms with Crippen molar-refractivity contribution in [3.63, 3.8) is 0 Å². The predicted molar refractivity (Wildman–Crippen MR) is 119 cm³/mol. The van der Waals surface area contributed by atoms with E-state index in [-0.39, 0.29) is 0 Å². The lowest BCUT2D eigenvalue weighted by Crippen LogP contribution is -2.42. The molecule has 0 aliphatic carbocycles. The smallest absolute Gasteiger partial charge is 0.191 e. The van der Waals surface area contributed by atoms with Crippen LogP contribution in [0.2, 0.25) is 0 Å². The molecule has 2 N–H and O–H groups in total. The third kappa shape index (κ3) is 7.34. The molecule has 0 spiro atoms. The second kappa shape index (κ2) is 11.9. The van der Waals surface area contributed by atoms with Crippen molar-refractivity contribution < 1.29 is 4.74 Å². The SMILES string of the molecule is CCNC(=NCC1CCCN(C(C)C)C1)NCCC(C)c1ccc(OC)cc1. The van der Waals surface area contributed by atoms with Gasteiger partial charge in [-0.15, -0.1) is 0 Å². The highest BCUT2D eigenvalue weighted by molar-refractivity contribution is 5.79. The molecule has 5 nitrogen and oxygen atoms in total. The number of benzene rings is 1. The van der Waals surface area contributed by atoms with Gasteiger partial charge in [-0.2, -0.15) is 0 Å². The lowest BCUT2D eigenvalue weighted by molar-refractivity contribution is 0.143. The third-order valence-corrected chi connectivity index (χ3v) is 5.69. The molecule has 158 valence electrons. The van der Waals surface area contributed by atoms with Gasteiger partial charge < -0.3 is 20.3 Å². The molecule has 0 saturated carbocycles. The van der Waals surface area contributed by atoms with E-state index in [1.165, 1.54) is 31.5 Å². The van der Waals surface area contributed by atoms with Crippen LogP contribution in [0.1, 0.15) is 58.4 Å². The molecule has 2 atom stereocenters. The first kappa shape index (κ1) is 22.5. The topological polar surface area (TPSA) is 48.9 Å². The van der Waals surface area contributed by atoms with Crippen LogP contribution < -0.4 is 15.4 Å². The summed E-state index contributed by atoms with van der Waals surface area (Å²) in [6, 6.07) is 9.03. The van der Waals surface area contributed by atoms with Crippen LogP contribution >= 0.6 is 0 Å². The number of nitrogens with zero attached hydrogens (tertiary/aromatic N) is 2. The number of nitrogens with one attached hydrogen (secondary N) is 2. The summed E-state index contributed by atoms with van der Waals surface area (Å²) < 4.78 is 5.25. The van der Waals surface area contributed by atoms with Crippen molar-refractivity contribution in [2.45, 2.75) is 58.9 Å². The summed E-state index contributed by atoms with van der Waals surface area (Å²) in [5.41, 5.74) is 1.35. The van der Waals surface area contributed by atoms with Crippen LogP contribution in [-0.2, 0) is 0 Å². The van der Waals surface area contributed by atoms with Gasteiger partial charge in [0.2, 0.25) is 0 Å². The average Bonchev–Trinajstić information content (AvgIpc) is 2.72. The van der Waals surface area contributed by atoms with E-state index in [2.05, 4.69) is 55.4 Å². The number of ether oxygens (including phenoxy) is 1. The summed E-state index contributed by atoms with van der Waals surface area (Å²) in [6.07, 6.45) is 3.66. The number of piperidine rings is 1. The molecule has 2 rings (SSSR count). The minimum Gasteiger partial charge on any atom is -0.497 e. The monoisotopic (exact) mass is 388 g/mol. The van der Waals surface area contributed by atoms with Gasteiger partial charge in [-0.25, -0.2) is 0 Å². The predicted octanol–water partition coefficient (Wildman–Crippen LogP) is 3.86. The van der Waals surface area contributed by atoms with Gasteiger partial charge in [0, 0.05) is 32.2 Å². The summed E-state index contributed by atoms with van der Waals surface area (Å²) in [5, 5.41) is 6.91. The van der Waals surface area contributed by atoms with Crippen LogP contribution in [0.5, 0.6) is 5.75 Å². The van der Waals surface area contributed by atoms with Crippen molar-refractivity contribution >= 4 is 5.96 Å². The maximum Gasteiger partial charge on any atom is 0.191 e. The first-order valence-electron chi connectivity index (χ1n) is 10.9. The van der Waals surface area contributed by atoms with Crippen molar-refractivity contribution in [2.24, 2.45) is 10.9 Å². The number of methoxy groups -OCH3 is 1. The Labute approximate surface area is 171 Å². The van der Waals surface area contributed by atoms with Crippen LogP contribution in [-0.4, -0.2) is 56.7 Å². The Balaban J connectivity index is 1.80. The van der Waals surface area contributed by atoms with Gasteiger partial charge in [-0.1, -0.05) is 19.1 Å². The highest BCUT2D eigenvalue weighted by Gasteiger charge is 2.21. The Hall–Kier alpha value is -1.75. The highest BCUT2D eigenvalue weighted by Crippen LogP contribution is 2.21. The minimum atomic E-state index is 0.499. The molecule has 1 aromatic carbocycles. The molecular weight excluding hydrogens is 348 g/mol. The van der Waals surface area contributed by atoms with Gasteiger partial charge in [-0.05, 0) is 76.1 Å². The van der Waals surface area contributed by atoms with Gasteiger partial charge in [0.15, 0.2) is 5.96 Å². The maximum absolute atomic E-state index is 5.25. The molecule has 0 radical (unpaired) electrons. The zero-order valence-corrected chi connectivity index (χ0v) is 18.5. The van der Waals surface area contributed by atoms with Crippen molar-refractivity contribution in [3.8, 4) is 5.75 Å². The second-order valence-electron chi connectivity index (χ2n) is 8.21. The fourth-order valence-corrected chi connectivity index (χ4v) is 3.78. The molecule has 1 aromatic rings. The van der Waals surface area contributed by atoms with Crippen molar-refractivity contribution in [1.29, 1.82) is 0 Å². The van der Waals surface area contributed by atoms with Crippen LogP contribution in [0.3, 0.4) is 0 Å². The fraction of sp³-hybridized carbons (Fsp3) is 0.696. The molecule has 0 bridgehead atoms. The van der Waals surface area contributed by atoms with E-state index in [0.717, 1.165) is 37.8 Å². The summed E-state index contributed by atoms with van der Waals surface area (Å²) in [4.78, 5) is 7.46. The average molecular weight is 389 g/mol. The molecule has 2 unspecified atom stereocenters. The molecule has 0 amide bonds. The third-order valence-electron chi connectivity index (χ3n) is 5.69. The van der Waals surface area contributed by atoms with Gasteiger partial charge in [0.25, 0.3) is 0 Å². The molecule has 1 fully saturated rings. The maximum atomic E-state index is 5.25. The summed E-state index contributed by atoms with van der Waals surface area (Å²) >= 11 is 0. The van der Waals surface area contributed by atoms with Crippen LogP contribution in [0, 0.1) is 5.92 Å². The first-order chi connectivity index (χ1) is 13.5. The second-order valence-corrected chi connectivity index (χ2v) is 8.21. The zero-order valence-electron chi connectivity index (χ0n) is 18.5. The normalized spacial score (nSPS) is 19.5. The Bertz CT molecular complexity index is 585. The number of hydrogen-bond acceptors (Lipinski definition) is 3. The Morgan fingerprint density at radius 2 is 1.96 bits per heavy atom. The van der Waals surface area contributed by atoms with E-state index in [9.17, 15) is 0 Å². The number of likely N-dealkylation sites (tertiary alicyclic amines) is 1. The highest BCUT2D eigenvalue weighted by atomic mass is 16.5. The largest absolute Gasteiger partial charge is 0.497 e. The van der Waals surface area contributed by atoms with E-state index in [4.69, 9.17) is 9.73 Å². The van der Waals surface area contributed by atoms with Gasteiger partial charge in [0.05, 0.1) is 7.11 Å². The Morgan fingerprint density at radius 1 is 1.21 bits per heavy atom. The van der Waals surface area contributed by atoms with E-state index < -0.39 is 0 Å². The molecule has 1 aliphatic heterocycles. The molecule has 1 saturated heterocycles. The standard InChI is InChI=1S/C23H40N4O/c1-6-24-23(26-16-20-8-7-15-27(17-20)18(2)3)25-14-13-19(4)21-9-11-22(28-5)12-10-21/h9-12,18-20H,6-8,13-17H2,1-5H3,(H2,24,25,26). The zero-order chi connectivity index (χ0) is 20.4. The van der Waals surface area contributed by atoms with E-state index in [1.807, 2.05) is 12.1 Å². The lowest BCUT2D eigenvalue weighted by atomic mass is 9.97. The molecule has 0 aromatic heterocycles. The molecule has 5 heteroatoms. The van der Waals surface area contributed by atoms with Crippen molar-refractivity contribution in [1.82, 2.24) is 15.5 Å². The van der Waals surface area contributed by atoms with Crippen molar-refractivity contribution in [3.05, 3.63) is 29.8 Å². The molecular formula is C23H40N4O. The number of rotatable bonds is 9. The summed E-state index contributed by atoms with van der Waals surface area (Å²) in [5.74, 6) is 3.03. The Morgan fingerprint density at radius 3 is 2.61 bits per heavy atom. The Kier molecular flexibility index (Phi) is 9.62. The van der Waals surface area contributed by atoms with E-state index in [0.29, 0.717) is 17.9 Å². The van der Waals surface area contributed by atoms with Crippen molar-refractivity contribution in [2.75, 3.05) is 39.8 Å². The van der Waals surface area contributed by atoms with Crippen LogP contribution in [0.4, 0.5) is 0 Å². The summed E-state index contributed by atoms with van der Waals surface area (Å²) in [6.45, 7) is 14.1. The lowest BCUT2D eigenvalue weighted by Gasteiger charge is -2.34. The van der Waals surface area contributed by atoms with E-state index >= 15 is 0 Å². The fourth-order valence-electron chi connectivity index (χ4n) is 3.78. The summed E-state index contributed by atoms with van der Waals surface area (Å²) in [7, 11) is 1.71. The molecule has 28 heavy (non-hydrogen) atoms. The first-order valence-corrected chi connectivity index (χ1v) is 10.9. The van der Waals surface area contributed by atoms with Gasteiger partial charge in [-0.3, -0.25) is 4.99 Å². The minimum absolute atomic E-state index is 0.499. The number of aliphatic imine (C=N–C) groups is 1. The quantitative estimate of drug-likeness (QED) is 0.498. The number of hydrogen-bond donors (Lipinski definition) is 2. The molecule has 1 heterocycles. The number of guanidine groups is 1. The van der Waals surface area contributed by atoms with Gasteiger partial charge in [0.1, 0.15) is 5.75 Å². The van der Waals surface area contributed by atoms with Gasteiger partial charge >= 0.3 is 0 Å². The van der Waals surface area contributed by atoms with E-state index in [1.54, 1.807) is 7.11 Å². The van der Waals surface area contributed by atoms with Crippen LogP contribution in [0.15, 0.2) is 29.3 Å². The molecule has 1 aliphatic rings. The van der Waals surface area contributed by atoms with Crippen LogP contribution in [0.25, 0.3) is 0 Å².